The van der Waals surface area contributed by atoms with Crippen LogP contribution in [0.5, 0.6) is 0 Å². The van der Waals surface area contributed by atoms with Crippen molar-refractivity contribution in [2.75, 3.05) is 33.2 Å². The van der Waals surface area contributed by atoms with Gasteiger partial charge in [0.25, 0.3) is 5.91 Å². The molecule has 0 aliphatic carbocycles. The molecule has 1 atom stereocenters. The molecule has 1 aliphatic heterocycles. The second-order valence-electron chi connectivity index (χ2n) is 7.99. The molecule has 0 bridgehead atoms. The number of carbonyl (C=O) groups excluding carboxylic acids is 1. The van der Waals surface area contributed by atoms with Crippen LogP contribution in [-0.2, 0) is 10.0 Å². The lowest BCUT2D eigenvalue weighted by Gasteiger charge is -2.31. The standard InChI is InChI=1S/C23H27N5O3S/c1-18(19-6-8-21(9-7-19)27-11-10-24-17-27)25-23(29)20-4-3-5-22(16-20)32(30,31)28-14-12-26(2)13-15-28/h3-11,16-18H,12-15H2,1-2H3,(H,25,29). The van der Waals surface area contributed by atoms with E-state index in [1.807, 2.05) is 49.0 Å². The highest BCUT2D eigenvalue weighted by Crippen LogP contribution is 2.20. The molecule has 9 heteroatoms. The number of hydrogen-bond donors (Lipinski definition) is 1. The monoisotopic (exact) mass is 453 g/mol. The Hall–Kier alpha value is -3.01. The van der Waals surface area contributed by atoms with Crippen molar-refractivity contribution in [3.63, 3.8) is 0 Å². The summed E-state index contributed by atoms with van der Waals surface area (Å²) in [5.41, 5.74) is 2.25. The average Bonchev–Trinajstić information content (AvgIpc) is 3.34. The minimum atomic E-state index is -3.63. The number of imidazole rings is 1. The van der Waals surface area contributed by atoms with Gasteiger partial charge in [0.2, 0.25) is 10.0 Å². The minimum absolute atomic E-state index is 0.145. The number of rotatable bonds is 6. The van der Waals surface area contributed by atoms with Gasteiger partial charge < -0.3 is 14.8 Å². The van der Waals surface area contributed by atoms with E-state index in [2.05, 4.69) is 15.2 Å². The Morgan fingerprint density at radius 3 is 2.44 bits per heavy atom. The summed E-state index contributed by atoms with van der Waals surface area (Å²) in [5.74, 6) is -0.313. The van der Waals surface area contributed by atoms with Crippen molar-refractivity contribution in [2.45, 2.75) is 17.9 Å². The molecule has 2 heterocycles. The highest BCUT2D eigenvalue weighted by molar-refractivity contribution is 7.89. The Morgan fingerprint density at radius 1 is 1.06 bits per heavy atom. The molecule has 1 unspecified atom stereocenters. The van der Waals surface area contributed by atoms with Crippen LogP contribution in [0.3, 0.4) is 0 Å². The number of nitrogens with zero attached hydrogens (tertiary/aromatic N) is 4. The van der Waals surface area contributed by atoms with Gasteiger partial charge in [0.15, 0.2) is 0 Å². The highest BCUT2D eigenvalue weighted by Gasteiger charge is 2.28. The second-order valence-corrected chi connectivity index (χ2v) is 9.93. The predicted octanol–water partition coefficient (Wildman–Crippen LogP) is 2.30. The molecule has 168 valence electrons. The minimum Gasteiger partial charge on any atom is -0.346 e. The van der Waals surface area contributed by atoms with Crippen LogP contribution in [0.1, 0.15) is 28.9 Å². The van der Waals surface area contributed by atoms with Gasteiger partial charge in [-0.15, -0.1) is 0 Å². The fraction of sp³-hybridized carbons (Fsp3) is 0.304. The molecule has 1 amide bonds. The van der Waals surface area contributed by atoms with E-state index in [-0.39, 0.29) is 16.8 Å². The summed E-state index contributed by atoms with van der Waals surface area (Å²) in [5, 5.41) is 2.96. The van der Waals surface area contributed by atoms with Gasteiger partial charge in [-0.05, 0) is 49.9 Å². The van der Waals surface area contributed by atoms with E-state index in [4.69, 9.17) is 0 Å². The molecule has 0 spiro atoms. The Labute approximate surface area is 188 Å². The highest BCUT2D eigenvalue weighted by atomic mass is 32.2. The Kier molecular flexibility index (Phi) is 6.40. The molecule has 0 radical (unpaired) electrons. The van der Waals surface area contributed by atoms with Gasteiger partial charge in [-0.2, -0.15) is 4.31 Å². The van der Waals surface area contributed by atoms with Crippen LogP contribution in [0.2, 0.25) is 0 Å². The van der Waals surface area contributed by atoms with E-state index in [1.54, 1.807) is 30.7 Å². The van der Waals surface area contributed by atoms with E-state index < -0.39 is 10.0 Å². The summed E-state index contributed by atoms with van der Waals surface area (Å²) in [6.07, 6.45) is 5.31. The lowest BCUT2D eigenvalue weighted by Crippen LogP contribution is -2.47. The van der Waals surface area contributed by atoms with Gasteiger partial charge in [0.1, 0.15) is 0 Å². The zero-order valence-corrected chi connectivity index (χ0v) is 19.0. The number of amides is 1. The topological polar surface area (TPSA) is 87.5 Å². The van der Waals surface area contributed by atoms with E-state index in [0.717, 1.165) is 11.3 Å². The SMILES string of the molecule is CC(NC(=O)c1cccc(S(=O)(=O)N2CCN(C)CC2)c1)c1ccc(-n2ccnc2)cc1. The number of benzene rings is 2. The fourth-order valence-corrected chi connectivity index (χ4v) is 5.15. The summed E-state index contributed by atoms with van der Waals surface area (Å²) in [6, 6.07) is 13.8. The quantitative estimate of drug-likeness (QED) is 0.619. The summed E-state index contributed by atoms with van der Waals surface area (Å²) in [6.45, 7) is 4.17. The summed E-state index contributed by atoms with van der Waals surface area (Å²) >= 11 is 0. The number of likely N-dealkylation sites (N-methyl/N-ethyl adjacent to an activating group) is 1. The zero-order valence-electron chi connectivity index (χ0n) is 18.2. The van der Waals surface area contributed by atoms with Gasteiger partial charge >= 0.3 is 0 Å². The molecule has 1 saturated heterocycles. The third-order valence-corrected chi connectivity index (χ3v) is 7.63. The van der Waals surface area contributed by atoms with Gasteiger partial charge in [0.05, 0.1) is 17.3 Å². The normalized spacial score (nSPS) is 16.6. The van der Waals surface area contributed by atoms with Crippen molar-refractivity contribution in [1.29, 1.82) is 0 Å². The maximum absolute atomic E-state index is 13.0. The fourth-order valence-electron chi connectivity index (χ4n) is 3.69. The first-order chi connectivity index (χ1) is 15.3. The largest absolute Gasteiger partial charge is 0.346 e. The van der Waals surface area contributed by atoms with Crippen LogP contribution >= 0.6 is 0 Å². The molecule has 8 nitrogen and oxygen atoms in total. The number of piperazine rings is 1. The van der Waals surface area contributed by atoms with Crippen molar-refractivity contribution in [3.05, 3.63) is 78.4 Å². The van der Waals surface area contributed by atoms with E-state index in [0.29, 0.717) is 31.7 Å². The van der Waals surface area contributed by atoms with Crippen LogP contribution < -0.4 is 5.32 Å². The molecule has 1 N–H and O–H groups in total. The van der Waals surface area contributed by atoms with E-state index in [9.17, 15) is 13.2 Å². The van der Waals surface area contributed by atoms with Gasteiger partial charge in [-0.1, -0.05) is 18.2 Å². The molecule has 3 aromatic rings. The maximum Gasteiger partial charge on any atom is 0.251 e. The van der Waals surface area contributed by atoms with Gasteiger partial charge in [-0.25, -0.2) is 13.4 Å². The number of hydrogen-bond acceptors (Lipinski definition) is 5. The van der Waals surface area contributed by atoms with E-state index in [1.165, 1.54) is 10.4 Å². The molecule has 2 aromatic carbocycles. The summed E-state index contributed by atoms with van der Waals surface area (Å²) < 4.78 is 29.4. The van der Waals surface area contributed by atoms with Crippen molar-refractivity contribution in [3.8, 4) is 5.69 Å². The van der Waals surface area contributed by atoms with Crippen molar-refractivity contribution >= 4 is 15.9 Å². The van der Waals surface area contributed by atoms with Crippen LogP contribution in [0.25, 0.3) is 5.69 Å². The first kappa shape index (κ1) is 22.2. The third kappa shape index (κ3) is 4.74. The number of aromatic nitrogens is 2. The molecule has 4 rings (SSSR count). The number of sulfonamides is 1. The lowest BCUT2D eigenvalue weighted by atomic mass is 10.1. The summed E-state index contributed by atoms with van der Waals surface area (Å²) in [4.78, 5) is 19.1. The number of nitrogens with one attached hydrogen (secondary N) is 1. The molecular weight excluding hydrogens is 426 g/mol. The van der Waals surface area contributed by atoms with Crippen molar-refractivity contribution in [1.82, 2.24) is 24.1 Å². The van der Waals surface area contributed by atoms with Crippen LogP contribution in [0.4, 0.5) is 0 Å². The second kappa shape index (κ2) is 9.23. The molecule has 1 aromatic heterocycles. The first-order valence-electron chi connectivity index (χ1n) is 10.5. The van der Waals surface area contributed by atoms with Crippen LogP contribution in [0, 0.1) is 0 Å². The third-order valence-electron chi connectivity index (χ3n) is 5.74. The van der Waals surface area contributed by atoms with Crippen molar-refractivity contribution in [2.24, 2.45) is 0 Å². The first-order valence-corrected chi connectivity index (χ1v) is 12.0. The lowest BCUT2D eigenvalue weighted by molar-refractivity contribution is 0.0939. The van der Waals surface area contributed by atoms with Gasteiger partial charge in [-0.3, -0.25) is 4.79 Å². The Balaban J connectivity index is 1.45. The molecule has 1 aliphatic rings. The molecule has 32 heavy (non-hydrogen) atoms. The van der Waals surface area contributed by atoms with Crippen molar-refractivity contribution < 1.29 is 13.2 Å². The maximum atomic E-state index is 13.0. The molecular formula is C23H27N5O3S. The smallest absolute Gasteiger partial charge is 0.251 e. The predicted molar refractivity (Wildman–Crippen MR) is 122 cm³/mol. The Morgan fingerprint density at radius 2 is 1.78 bits per heavy atom. The van der Waals surface area contributed by atoms with Gasteiger partial charge in [0, 0.05) is 49.8 Å². The molecule has 0 saturated carbocycles. The summed E-state index contributed by atoms with van der Waals surface area (Å²) in [7, 11) is -1.66. The van der Waals surface area contributed by atoms with Crippen LogP contribution in [0.15, 0.2) is 72.1 Å². The number of carbonyl (C=O) groups is 1. The Bertz CT molecular complexity index is 1170. The van der Waals surface area contributed by atoms with E-state index >= 15 is 0 Å². The zero-order chi connectivity index (χ0) is 22.7. The molecule has 1 fully saturated rings. The van der Waals surface area contributed by atoms with Crippen LogP contribution in [-0.4, -0.2) is 66.3 Å². The average molecular weight is 454 g/mol.